The van der Waals surface area contributed by atoms with Gasteiger partial charge in [-0.15, -0.1) is 0 Å². The van der Waals surface area contributed by atoms with E-state index >= 15 is 4.79 Å². The van der Waals surface area contributed by atoms with Gasteiger partial charge >= 0.3 is 0 Å². The predicted molar refractivity (Wildman–Crippen MR) is 205 cm³/mol. The monoisotopic (exact) mass is 732 g/mol. The number of carbonyl (C=O) groups excluding carboxylic acids is 1. The molecule has 2 aromatic heterocycles. The molecule has 1 amide bonds. The number of ether oxygens (including phenoxy) is 1. The second kappa shape index (κ2) is 12.3. The molecule has 1 spiro atoms. The molecule has 10 rings (SSSR count). The third-order valence-corrected chi connectivity index (χ3v) is 14.2. The second-order valence-electron chi connectivity index (χ2n) is 16.9. The van der Waals surface area contributed by atoms with Gasteiger partial charge in [-0.2, -0.15) is 4.98 Å². The summed E-state index contributed by atoms with van der Waals surface area (Å²) in [5.74, 6) is 1.73. The maximum atomic E-state index is 15.0. The molecule has 5 aliphatic carbocycles. The zero-order valence-electron chi connectivity index (χ0n) is 31.2. The first-order valence-electron chi connectivity index (χ1n) is 19.1. The molecular formula is C42H48N6O4S. The average Bonchev–Trinajstić information content (AvgIpc) is 3.88. The van der Waals surface area contributed by atoms with Crippen LogP contribution in [0.1, 0.15) is 91.9 Å². The zero-order valence-corrected chi connectivity index (χ0v) is 32.0. The number of pyridine rings is 1. The number of rotatable bonds is 7. The van der Waals surface area contributed by atoms with Crippen LogP contribution in [0.2, 0.25) is 0 Å². The Morgan fingerprint density at radius 2 is 1.66 bits per heavy atom. The van der Waals surface area contributed by atoms with E-state index in [1.54, 1.807) is 18.2 Å². The SMILES string of the molecule is Cc1cccc(C)c1-c1cc2nc(n1)NS(=O)(=O)c1cccc(c1)C(=O)N(C13CC(C1)C3c1cccc(N(C)C3CC4(CC4)C3)n1)[C@H](CC(C)C)CO2. The van der Waals surface area contributed by atoms with Gasteiger partial charge in [-0.05, 0) is 118 Å². The highest BCUT2D eigenvalue weighted by Gasteiger charge is 2.71. The van der Waals surface area contributed by atoms with E-state index in [0.717, 1.165) is 41.0 Å². The van der Waals surface area contributed by atoms with Gasteiger partial charge < -0.3 is 14.5 Å². The van der Waals surface area contributed by atoms with E-state index in [2.05, 4.69) is 63.6 Å². The summed E-state index contributed by atoms with van der Waals surface area (Å²) >= 11 is 0. The Morgan fingerprint density at radius 3 is 2.34 bits per heavy atom. The van der Waals surface area contributed by atoms with Crippen molar-refractivity contribution in [1.29, 1.82) is 0 Å². The first-order valence-corrected chi connectivity index (χ1v) is 20.6. The van der Waals surface area contributed by atoms with Crippen molar-refractivity contribution in [3.8, 4) is 17.1 Å². The molecule has 11 heteroatoms. The summed E-state index contributed by atoms with van der Waals surface area (Å²) in [5, 5.41) is 0. The van der Waals surface area contributed by atoms with E-state index in [0.29, 0.717) is 35.1 Å². The first-order chi connectivity index (χ1) is 25.3. The fourth-order valence-electron chi connectivity index (χ4n) is 9.82. The van der Waals surface area contributed by atoms with Gasteiger partial charge in [0.05, 0.1) is 22.2 Å². The minimum absolute atomic E-state index is 0.0259. The van der Waals surface area contributed by atoms with E-state index in [9.17, 15) is 8.42 Å². The van der Waals surface area contributed by atoms with Gasteiger partial charge in [0.25, 0.3) is 15.9 Å². The maximum absolute atomic E-state index is 15.0. The number of hydrogen-bond donors (Lipinski definition) is 1. The summed E-state index contributed by atoms with van der Waals surface area (Å²) in [6.07, 6.45) is 7.66. The average molecular weight is 733 g/mol. The zero-order chi connectivity index (χ0) is 36.9. The van der Waals surface area contributed by atoms with E-state index < -0.39 is 15.6 Å². The number of fused-ring (bicyclic) bond motifs is 4. The van der Waals surface area contributed by atoms with Crippen LogP contribution in [-0.4, -0.2) is 65.5 Å². The Balaban J connectivity index is 1.12. The van der Waals surface area contributed by atoms with Crippen LogP contribution in [-0.2, 0) is 10.0 Å². The van der Waals surface area contributed by atoms with E-state index in [-0.39, 0.29) is 47.1 Å². The number of sulfonamides is 1. The topological polar surface area (TPSA) is 118 Å². The van der Waals surface area contributed by atoms with Crippen molar-refractivity contribution < 1.29 is 17.9 Å². The fourth-order valence-corrected chi connectivity index (χ4v) is 10.8. The molecule has 1 N–H and O–H groups in total. The number of benzene rings is 2. The van der Waals surface area contributed by atoms with Crippen molar-refractivity contribution in [2.75, 3.05) is 23.3 Å². The lowest BCUT2D eigenvalue weighted by atomic mass is 9.40. The minimum Gasteiger partial charge on any atom is -0.475 e. The van der Waals surface area contributed by atoms with Crippen LogP contribution in [0.4, 0.5) is 11.8 Å². The molecule has 3 heterocycles. The highest BCUT2D eigenvalue weighted by atomic mass is 32.2. The lowest BCUT2D eigenvalue weighted by Gasteiger charge is -2.72. The molecule has 2 aromatic carbocycles. The Bertz CT molecular complexity index is 2200. The third kappa shape index (κ3) is 5.77. The Hall–Kier alpha value is -4.51. The molecule has 1 unspecified atom stereocenters. The molecule has 6 aliphatic rings. The molecule has 6 bridgehead atoms. The molecule has 276 valence electrons. The third-order valence-electron chi connectivity index (χ3n) is 12.8. The lowest BCUT2D eigenvalue weighted by Crippen LogP contribution is -2.77. The number of aryl methyl sites for hydroxylation is 2. The molecule has 10 nitrogen and oxygen atoms in total. The number of amides is 1. The summed E-state index contributed by atoms with van der Waals surface area (Å²) < 4.78 is 36.9. The molecule has 4 aromatic rings. The van der Waals surface area contributed by atoms with Crippen LogP contribution >= 0.6 is 0 Å². The molecular weight excluding hydrogens is 685 g/mol. The quantitative estimate of drug-likeness (QED) is 0.207. The van der Waals surface area contributed by atoms with Crippen molar-refractivity contribution in [2.45, 2.75) is 101 Å². The van der Waals surface area contributed by atoms with Gasteiger partial charge in [0, 0.05) is 41.9 Å². The number of aromatic nitrogens is 3. The van der Waals surface area contributed by atoms with Gasteiger partial charge in [0.15, 0.2) is 0 Å². The normalized spacial score (nSPS) is 26.5. The fraction of sp³-hybridized carbons (Fsp3) is 0.476. The molecule has 53 heavy (non-hydrogen) atoms. The number of nitrogens with one attached hydrogen (secondary N) is 1. The van der Waals surface area contributed by atoms with Crippen molar-refractivity contribution in [3.63, 3.8) is 0 Å². The number of hydrogen-bond acceptors (Lipinski definition) is 8. The summed E-state index contributed by atoms with van der Waals surface area (Å²) in [6.45, 7) is 8.52. The molecule has 2 atom stereocenters. The van der Waals surface area contributed by atoms with E-state index in [1.807, 2.05) is 32.0 Å². The second-order valence-corrected chi connectivity index (χ2v) is 18.6. The maximum Gasteiger partial charge on any atom is 0.264 e. The minimum atomic E-state index is -4.16. The standard InChI is InChI=1S/C42H48N6O4S/c1-25(2)17-30-24-52-36-19-34(37-26(3)9-6-10-27(37)4)44-40(45-36)46-53(50,51)32-12-7-11-28(18-32)39(49)48(30)42-20-29(21-42)38(42)33-13-8-14-35(43-33)47(5)31-22-41(23-31)15-16-41/h6-14,18-19,25,29-31,38H,15-17,20-24H2,1-5H3,(H,44,45,46)/t29?,30-,38?,42?/m1/s1. The summed E-state index contributed by atoms with van der Waals surface area (Å²) in [7, 11) is -1.99. The Labute approximate surface area is 312 Å². The van der Waals surface area contributed by atoms with Gasteiger partial charge in [-0.25, -0.2) is 23.1 Å². The largest absolute Gasteiger partial charge is 0.475 e. The van der Waals surface area contributed by atoms with E-state index in [1.165, 1.54) is 37.8 Å². The van der Waals surface area contributed by atoms with Crippen molar-refractivity contribution in [2.24, 2.45) is 17.3 Å². The molecule has 5 saturated carbocycles. The van der Waals surface area contributed by atoms with Crippen LogP contribution in [0.3, 0.4) is 0 Å². The van der Waals surface area contributed by atoms with Crippen LogP contribution in [0, 0.1) is 31.1 Å². The van der Waals surface area contributed by atoms with Crippen LogP contribution in [0.5, 0.6) is 5.88 Å². The number of carbonyl (C=O) groups is 1. The summed E-state index contributed by atoms with van der Waals surface area (Å²) in [5.41, 5.74) is 4.95. The molecule has 0 saturated heterocycles. The number of nitrogens with zero attached hydrogens (tertiary/aromatic N) is 5. The van der Waals surface area contributed by atoms with Crippen LogP contribution in [0.15, 0.2) is 71.6 Å². The van der Waals surface area contributed by atoms with Gasteiger partial charge in [-0.3, -0.25) is 4.79 Å². The van der Waals surface area contributed by atoms with Crippen molar-refractivity contribution in [3.05, 3.63) is 89.1 Å². The molecule has 5 fully saturated rings. The highest BCUT2D eigenvalue weighted by Crippen LogP contribution is 2.70. The van der Waals surface area contributed by atoms with Crippen molar-refractivity contribution in [1.82, 2.24) is 19.9 Å². The predicted octanol–water partition coefficient (Wildman–Crippen LogP) is 7.53. The Kier molecular flexibility index (Phi) is 7.93. The van der Waals surface area contributed by atoms with Crippen LogP contribution in [0.25, 0.3) is 11.3 Å². The highest BCUT2D eigenvalue weighted by molar-refractivity contribution is 7.92. The summed E-state index contributed by atoms with van der Waals surface area (Å²) in [4.78, 5) is 33.9. The lowest BCUT2D eigenvalue weighted by molar-refractivity contribution is -0.171. The van der Waals surface area contributed by atoms with Crippen molar-refractivity contribution >= 4 is 27.7 Å². The summed E-state index contributed by atoms with van der Waals surface area (Å²) in [6, 6.07) is 20.7. The molecule has 1 aliphatic heterocycles. The smallest absolute Gasteiger partial charge is 0.264 e. The van der Waals surface area contributed by atoms with Gasteiger partial charge in [0.2, 0.25) is 11.8 Å². The van der Waals surface area contributed by atoms with Gasteiger partial charge in [-0.1, -0.05) is 44.2 Å². The number of anilines is 2. The molecule has 0 radical (unpaired) electrons. The first kappa shape index (κ1) is 34.3. The van der Waals surface area contributed by atoms with Gasteiger partial charge in [0.1, 0.15) is 12.4 Å². The Morgan fingerprint density at radius 1 is 0.943 bits per heavy atom. The van der Waals surface area contributed by atoms with Crippen LogP contribution < -0.4 is 14.4 Å². The van der Waals surface area contributed by atoms with E-state index in [4.69, 9.17) is 9.72 Å².